The highest BCUT2D eigenvalue weighted by Gasteiger charge is 2.51. The maximum atomic E-state index is 13.3. The molecular weight excluding hydrogens is 384 g/mol. The summed E-state index contributed by atoms with van der Waals surface area (Å²) in [5.41, 5.74) is 4.47. The zero-order valence-corrected chi connectivity index (χ0v) is 16.3. The fourth-order valence-corrected chi connectivity index (χ4v) is 3.94. The summed E-state index contributed by atoms with van der Waals surface area (Å²) >= 11 is 0. The summed E-state index contributed by atoms with van der Waals surface area (Å²) in [5.74, 6) is 0.0972. The Kier molecular flexibility index (Phi) is 4.18. The molecule has 0 unspecified atom stereocenters. The van der Waals surface area contributed by atoms with Crippen LogP contribution in [-0.2, 0) is 14.4 Å². The first-order chi connectivity index (χ1) is 14.6. The van der Waals surface area contributed by atoms with Gasteiger partial charge in [-0.1, -0.05) is 36.4 Å². The Bertz CT molecular complexity index is 1230. The van der Waals surface area contributed by atoms with Gasteiger partial charge in [0.25, 0.3) is 11.8 Å². The molecule has 2 heterocycles. The van der Waals surface area contributed by atoms with Crippen LogP contribution in [0.3, 0.4) is 0 Å². The predicted octanol–water partition coefficient (Wildman–Crippen LogP) is 3.04. The fourth-order valence-electron chi connectivity index (χ4n) is 3.94. The highest BCUT2D eigenvalue weighted by atomic mass is 16.7. The quantitative estimate of drug-likeness (QED) is 0.676. The monoisotopic (exact) mass is 402 g/mol. The number of hydrogen-bond acceptors (Lipinski definition) is 6. The van der Waals surface area contributed by atoms with E-state index in [-0.39, 0.29) is 5.57 Å². The van der Waals surface area contributed by atoms with Gasteiger partial charge in [0.2, 0.25) is 0 Å². The number of hydroxylamine groups is 1. The van der Waals surface area contributed by atoms with E-state index in [1.807, 2.05) is 36.4 Å². The van der Waals surface area contributed by atoms with Crippen molar-refractivity contribution in [3.05, 3.63) is 71.8 Å². The molecule has 1 N–H and O–H groups in total. The van der Waals surface area contributed by atoms with Gasteiger partial charge in [0.15, 0.2) is 17.6 Å². The molecule has 7 heteroatoms. The number of amides is 2. The third-order valence-electron chi connectivity index (χ3n) is 5.35. The summed E-state index contributed by atoms with van der Waals surface area (Å²) in [5, 5.41) is 1.97. The number of carbonyl (C=O) groups excluding carboxylic acids is 2. The normalized spacial score (nSPS) is 18.1. The fraction of sp³-hybridized carbons (Fsp3) is 0.130. The highest BCUT2D eigenvalue weighted by Crippen LogP contribution is 2.41. The molecule has 0 aliphatic carbocycles. The molecule has 5 rings (SSSR count). The van der Waals surface area contributed by atoms with Crippen LogP contribution in [0.5, 0.6) is 11.5 Å². The van der Waals surface area contributed by atoms with Gasteiger partial charge < -0.3 is 9.47 Å². The van der Waals surface area contributed by atoms with Crippen molar-refractivity contribution in [1.29, 1.82) is 0 Å². The van der Waals surface area contributed by atoms with E-state index in [9.17, 15) is 9.59 Å². The van der Waals surface area contributed by atoms with Crippen LogP contribution in [0.25, 0.3) is 16.5 Å². The standard InChI is InChI=1S/C23H18N2O5/c1-28-17-9-5-8-16(20(17)29-2)19-18-21(30-24-19)23(27)25(22(18)26)15-11-10-13-6-3-4-7-14(13)12-15/h3-12,21,24H,1-2H3/t21-/m0/s1. The summed E-state index contributed by atoms with van der Waals surface area (Å²) in [7, 11) is 3.05. The van der Waals surface area contributed by atoms with Gasteiger partial charge in [-0.3, -0.25) is 19.9 Å². The minimum absolute atomic E-state index is 0.250. The van der Waals surface area contributed by atoms with Crippen LogP contribution >= 0.6 is 0 Å². The predicted molar refractivity (Wildman–Crippen MR) is 111 cm³/mol. The molecule has 0 saturated carbocycles. The zero-order chi connectivity index (χ0) is 20.8. The van der Waals surface area contributed by atoms with Gasteiger partial charge in [-0.2, -0.15) is 0 Å². The maximum Gasteiger partial charge on any atom is 0.270 e. The van der Waals surface area contributed by atoms with Gasteiger partial charge >= 0.3 is 0 Å². The van der Waals surface area contributed by atoms with Crippen molar-refractivity contribution in [2.24, 2.45) is 0 Å². The molecule has 0 aromatic heterocycles. The third kappa shape index (κ3) is 2.56. The number of nitrogens with zero attached hydrogens (tertiary/aromatic N) is 1. The van der Waals surface area contributed by atoms with E-state index in [0.29, 0.717) is 28.4 Å². The van der Waals surface area contributed by atoms with Gasteiger partial charge in [0.05, 0.1) is 31.2 Å². The number of methoxy groups -OCH3 is 2. The molecule has 1 saturated heterocycles. The lowest BCUT2D eigenvalue weighted by molar-refractivity contribution is -0.127. The van der Waals surface area contributed by atoms with Gasteiger partial charge in [-0.15, -0.1) is 0 Å². The van der Waals surface area contributed by atoms with Crippen molar-refractivity contribution >= 4 is 34.0 Å². The van der Waals surface area contributed by atoms with E-state index in [1.165, 1.54) is 19.1 Å². The lowest BCUT2D eigenvalue weighted by Gasteiger charge is -2.17. The molecule has 0 radical (unpaired) electrons. The Balaban J connectivity index is 1.62. The summed E-state index contributed by atoms with van der Waals surface area (Å²) in [6, 6.07) is 18.6. The number of hydrogen-bond donors (Lipinski definition) is 1. The molecule has 0 spiro atoms. The first-order valence-electron chi connectivity index (χ1n) is 9.38. The molecule has 3 aromatic carbocycles. The third-order valence-corrected chi connectivity index (χ3v) is 5.35. The number of imide groups is 1. The van der Waals surface area contributed by atoms with E-state index in [4.69, 9.17) is 14.3 Å². The molecule has 3 aromatic rings. The van der Waals surface area contributed by atoms with E-state index in [2.05, 4.69) is 5.48 Å². The number of ether oxygens (including phenoxy) is 2. The first-order valence-corrected chi connectivity index (χ1v) is 9.38. The van der Waals surface area contributed by atoms with E-state index < -0.39 is 17.9 Å². The molecule has 2 aliphatic rings. The number of para-hydroxylation sites is 1. The Morgan fingerprint density at radius 1 is 0.933 bits per heavy atom. The number of anilines is 1. The van der Waals surface area contributed by atoms with E-state index >= 15 is 0 Å². The second-order valence-electron chi connectivity index (χ2n) is 6.94. The smallest absolute Gasteiger partial charge is 0.270 e. The van der Waals surface area contributed by atoms with Crippen molar-refractivity contribution in [2.45, 2.75) is 6.10 Å². The number of fused-ring (bicyclic) bond motifs is 2. The molecular formula is C23H18N2O5. The van der Waals surface area contributed by atoms with Crippen molar-refractivity contribution in [3.8, 4) is 11.5 Å². The van der Waals surface area contributed by atoms with E-state index in [0.717, 1.165) is 10.8 Å². The van der Waals surface area contributed by atoms with Crippen LogP contribution in [0.4, 0.5) is 5.69 Å². The van der Waals surface area contributed by atoms with Gasteiger partial charge in [0.1, 0.15) is 0 Å². The molecule has 2 amide bonds. The largest absolute Gasteiger partial charge is 0.493 e. The molecule has 0 bridgehead atoms. The Morgan fingerprint density at radius 3 is 2.50 bits per heavy atom. The van der Waals surface area contributed by atoms with E-state index in [1.54, 1.807) is 24.3 Å². The number of rotatable bonds is 4. The SMILES string of the molecule is COc1cccc(C2=C3C(=O)N(c4ccc5ccccc5c4)C(=O)[C@H]3ON2)c1OC. The second kappa shape index (κ2) is 6.89. The molecule has 1 atom stereocenters. The van der Waals surface area contributed by atoms with Gasteiger partial charge in [-0.25, -0.2) is 4.90 Å². The van der Waals surface area contributed by atoms with Crippen molar-refractivity contribution < 1.29 is 23.9 Å². The van der Waals surface area contributed by atoms with Crippen LogP contribution in [0.2, 0.25) is 0 Å². The molecule has 7 nitrogen and oxygen atoms in total. The maximum absolute atomic E-state index is 13.3. The van der Waals surface area contributed by atoms with Crippen molar-refractivity contribution in [1.82, 2.24) is 5.48 Å². The molecule has 2 aliphatic heterocycles. The lowest BCUT2D eigenvalue weighted by Crippen LogP contribution is -2.34. The summed E-state index contributed by atoms with van der Waals surface area (Å²) in [6.45, 7) is 0. The summed E-state index contributed by atoms with van der Waals surface area (Å²) < 4.78 is 10.8. The van der Waals surface area contributed by atoms with Crippen molar-refractivity contribution in [2.75, 3.05) is 19.1 Å². The molecule has 30 heavy (non-hydrogen) atoms. The first kappa shape index (κ1) is 18.2. The van der Waals surface area contributed by atoms with Gasteiger partial charge in [0, 0.05) is 5.56 Å². The zero-order valence-electron chi connectivity index (χ0n) is 16.3. The Hall–Kier alpha value is -3.84. The number of benzene rings is 3. The Morgan fingerprint density at radius 2 is 1.73 bits per heavy atom. The highest BCUT2D eigenvalue weighted by molar-refractivity contribution is 6.33. The minimum atomic E-state index is -1.02. The minimum Gasteiger partial charge on any atom is -0.493 e. The molecule has 1 fully saturated rings. The summed E-state index contributed by atoms with van der Waals surface area (Å²) in [4.78, 5) is 33.0. The van der Waals surface area contributed by atoms with Crippen LogP contribution in [0.1, 0.15) is 5.56 Å². The van der Waals surface area contributed by atoms with Crippen LogP contribution in [0, 0.1) is 0 Å². The summed E-state index contributed by atoms with van der Waals surface area (Å²) in [6.07, 6.45) is -1.02. The van der Waals surface area contributed by atoms with Crippen molar-refractivity contribution in [3.63, 3.8) is 0 Å². The number of carbonyl (C=O) groups is 2. The molecule has 150 valence electrons. The Labute approximate surface area is 172 Å². The topological polar surface area (TPSA) is 77.1 Å². The van der Waals surface area contributed by atoms with Crippen LogP contribution in [-0.4, -0.2) is 32.1 Å². The lowest BCUT2D eigenvalue weighted by atomic mass is 10.0. The average molecular weight is 402 g/mol. The number of nitrogens with one attached hydrogen (secondary N) is 1. The second-order valence-corrected chi connectivity index (χ2v) is 6.94. The van der Waals surface area contributed by atoms with Crippen LogP contribution < -0.4 is 19.9 Å². The van der Waals surface area contributed by atoms with Gasteiger partial charge in [-0.05, 0) is 35.0 Å². The van der Waals surface area contributed by atoms with Crippen LogP contribution in [0.15, 0.2) is 66.2 Å². The average Bonchev–Trinajstić information content (AvgIpc) is 3.32.